The van der Waals surface area contributed by atoms with Gasteiger partial charge in [0, 0.05) is 56.5 Å². The normalized spacial score (nSPS) is 20.5. The zero-order chi connectivity index (χ0) is 58.0. The van der Waals surface area contributed by atoms with Gasteiger partial charge in [-0.25, -0.2) is 4.79 Å². The number of carbonyl (C=O) groups is 9. The molecular formula is C54H73N15O11. The highest BCUT2D eigenvalue weighted by atomic mass is 16.5. The number of hydrogen-bond acceptors (Lipinski definition) is 12. The number of aromatic amines is 1. The van der Waals surface area contributed by atoms with E-state index in [0.29, 0.717) is 16.7 Å². The van der Waals surface area contributed by atoms with Gasteiger partial charge in [-0.2, -0.15) is 0 Å². The van der Waals surface area contributed by atoms with Crippen LogP contribution >= 0.6 is 0 Å². The number of carbonyl (C=O) groups excluding carboxylic acids is 8. The average Bonchev–Trinajstić information content (AvgIpc) is 3.86. The fraction of sp³-hybridized carbons (Fsp3) is 0.426. The molecule has 0 unspecified atom stereocenters. The molecule has 18 N–H and O–H groups in total. The Morgan fingerprint density at radius 3 is 1.94 bits per heavy atom. The molecule has 0 aliphatic carbocycles. The van der Waals surface area contributed by atoms with Crippen molar-refractivity contribution >= 4 is 76.0 Å². The van der Waals surface area contributed by atoms with E-state index in [1.807, 2.05) is 18.2 Å². The van der Waals surface area contributed by atoms with Gasteiger partial charge in [-0.15, -0.1) is 0 Å². The maximum Gasteiger partial charge on any atom is 0.326 e. The lowest BCUT2D eigenvalue weighted by atomic mass is 10.0. The highest BCUT2D eigenvalue weighted by Gasteiger charge is 2.35. The van der Waals surface area contributed by atoms with Crippen LogP contribution in [-0.2, 0) is 67.3 Å². The molecule has 1 fully saturated rings. The number of nitrogens with two attached hydrogens (primary N) is 2. The number of nitrogens with one attached hydrogen (secondary N) is 13. The molecule has 0 saturated carbocycles. The van der Waals surface area contributed by atoms with E-state index in [1.165, 1.54) is 6.92 Å². The summed E-state index contributed by atoms with van der Waals surface area (Å²) in [5.41, 5.74) is 13.6. The first-order valence-electron chi connectivity index (χ1n) is 26.3. The summed E-state index contributed by atoms with van der Waals surface area (Å²) in [6.07, 6.45) is 1.23. The minimum Gasteiger partial charge on any atom is -0.480 e. The number of carboxylic acids is 1. The van der Waals surface area contributed by atoms with E-state index in [1.54, 1.807) is 72.9 Å². The minimum atomic E-state index is -1.69. The van der Waals surface area contributed by atoms with Crippen LogP contribution in [0, 0.1) is 10.8 Å². The Bertz CT molecular complexity index is 2780. The van der Waals surface area contributed by atoms with Crippen molar-refractivity contribution in [2.45, 2.75) is 120 Å². The van der Waals surface area contributed by atoms with Gasteiger partial charge in [0.1, 0.15) is 42.3 Å². The molecule has 8 amide bonds. The molecule has 26 nitrogen and oxygen atoms in total. The van der Waals surface area contributed by atoms with Crippen LogP contribution in [0.25, 0.3) is 10.9 Å². The first kappa shape index (κ1) is 61.8. The van der Waals surface area contributed by atoms with E-state index in [9.17, 15) is 48.3 Å². The summed E-state index contributed by atoms with van der Waals surface area (Å²) in [6.45, 7) is 0.869. The number of benzene rings is 3. The lowest BCUT2D eigenvalue weighted by Crippen LogP contribution is -2.61. The smallest absolute Gasteiger partial charge is 0.326 e. The van der Waals surface area contributed by atoms with Crippen LogP contribution in [0.4, 0.5) is 0 Å². The molecule has 7 atom stereocenters. The largest absolute Gasteiger partial charge is 0.480 e. The zero-order valence-electron chi connectivity index (χ0n) is 44.5. The van der Waals surface area contributed by atoms with Crippen LogP contribution in [0.1, 0.15) is 75.0 Å². The lowest BCUT2D eigenvalue weighted by molar-refractivity contribution is -0.142. The van der Waals surface area contributed by atoms with Gasteiger partial charge in [0.15, 0.2) is 11.9 Å². The molecule has 3 aromatic carbocycles. The first-order chi connectivity index (χ1) is 38.4. The number of guanidine groups is 2. The molecule has 1 aromatic heterocycles. The fourth-order valence-corrected chi connectivity index (χ4v) is 8.74. The molecule has 26 heteroatoms. The molecule has 1 aliphatic heterocycles. The zero-order valence-corrected chi connectivity index (χ0v) is 44.5. The monoisotopic (exact) mass is 1110 g/mol. The van der Waals surface area contributed by atoms with Crippen molar-refractivity contribution in [2.75, 3.05) is 26.2 Å². The number of hydrogen-bond donors (Lipinski definition) is 16. The first-order valence-corrected chi connectivity index (χ1v) is 26.3. The van der Waals surface area contributed by atoms with Gasteiger partial charge in [0.25, 0.3) is 0 Å². The summed E-state index contributed by atoms with van der Waals surface area (Å²) < 4.78 is 5.97. The van der Waals surface area contributed by atoms with Gasteiger partial charge in [-0.05, 0) is 67.7 Å². The van der Waals surface area contributed by atoms with Gasteiger partial charge in [-0.1, -0.05) is 78.9 Å². The Labute approximate surface area is 462 Å². The predicted molar refractivity (Wildman–Crippen MR) is 295 cm³/mol. The number of rotatable bonds is 20. The van der Waals surface area contributed by atoms with E-state index in [4.69, 9.17) is 27.0 Å². The fourth-order valence-electron chi connectivity index (χ4n) is 8.74. The molecule has 5 rings (SSSR count). The Morgan fingerprint density at radius 1 is 0.700 bits per heavy atom. The van der Waals surface area contributed by atoms with Crippen molar-refractivity contribution in [1.29, 1.82) is 10.8 Å². The standard InChI is InChI=1S/C54H73N15O11/c1-32(70)63-38(21-12-24-60-53(55)56)46(72)68-43-28-45(71)59-23-11-10-20-40(52(78)79)65-49(75)42(27-35-29-62-37-19-9-8-18-36(35)37)67-47(73)39(22-13-25-61-54(57)58)64-48(74)41(26-33-14-4-2-5-15-33)66-51(77)44(69-50(43)76)31-80-30-34-16-6-3-7-17-34/h2-9,14-19,29,38-44,62H,10-13,20-28,30-31H2,1H3,(H,59,71)(H,63,70)(H,64,74)(H,65,75)(H,66,77)(H,67,73)(H,68,72)(H,69,76)(H,78,79)(H4,55,56,60)(H4,57,58,61)/t38-,39-,40-,41+,42-,43-,44-/m0/s1. The second-order valence-electron chi connectivity index (χ2n) is 19.2. The number of aliphatic carboxylic acids is 1. The van der Waals surface area contributed by atoms with Crippen LogP contribution in [0.15, 0.2) is 91.1 Å². The molecule has 2 heterocycles. The third kappa shape index (κ3) is 21.0. The summed E-state index contributed by atoms with van der Waals surface area (Å²) in [4.78, 5) is 129. The Kier molecular flexibility index (Phi) is 24.7. The number of aromatic nitrogens is 1. The van der Waals surface area contributed by atoms with Crippen molar-refractivity contribution in [1.82, 2.24) is 58.2 Å². The summed E-state index contributed by atoms with van der Waals surface area (Å²) >= 11 is 0. The average molecular weight is 1110 g/mol. The lowest BCUT2D eigenvalue weighted by Gasteiger charge is -2.28. The summed E-state index contributed by atoms with van der Waals surface area (Å²) in [5.74, 6) is -8.76. The third-order valence-electron chi connectivity index (χ3n) is 12.9. The number of fused-ring (bicyclic) bond motifs is 1. The van der Waals surface area contributed by atoms with Crippen LogP contribution < -0.4 is 64.6 Å². The molecule has 80 heavy (non-hydrogen) atoms. The van der Waals surface area contributed by atoms with E-state index >= 15 is 0 Å². The maximum atomic E-state index is 14.8. The predicted octanol–water partition coefficient (Wildman–Crippen LogP) is -1.12. The second-order valence-corrected chi connectivity index (χ2v) is 19.2. The van der Waals surface area contributed by atoms with E-state index in [2.05, 4.69) is 58.2 Å². The van der Waals surface area contributed by atoms with E-state index in [0.717, 1.165) is 10.9 Å². The van der Waals surface area contributed by atoms with Crippen molar-refractivity contribution < 1.29 is 53.0 Å². The van der Waals surface area contributed by atoms with Gasteiger partial charge >= 0.3 is 5.97 Å². The van der Waals surface area contributed by atoms with Crippen molar-refractivity contribution in [3.05, 3.63) is 108 Å². The number of H-pyrrole nitrogens is 1. The van der Waals surface area contributed by atoms with E-state index < -0.39 is 109 Å². The quantitative estimate of drug-likeness (QED) is 0.0283. The summed E-state index contributed by atoms with van der Waals surface area (Å²) in [5, 5.41) is 52.5. The summed E-state index contributed by atoms with van der Waals surface area (Å²) in [7, 11) is 0. The number of para-hydroxylation sites is 1. The third-order valence-corrected chi connectivity index (χ3v) is 12.9. The summed E-state index contributed by atoms with van der Waals surface area (Å²) in [6, 6.07) is 14.4. The molecular weight excluding hydrogens is 1030 g/mol. The molecule has 4 aromatic rings. The highest BCUT2D eigenvalue weighted by Crippen LogP contribution is 2.20. The van der Waals surface area contributed by atoms with Crippen molar-refractivity contribution in [3.8, 4) is 0 Å². The minimum absolute atomic E-state index is 0.00974. The molecule has 0 spiro atoms. The SMILES string of the molecule is CC(=O)N[C@@H](CCCNC(=N)N)C(=O)N[C@H]1CC(=O)NCCCC[C@@H](C(=O)O)NC(=O)[C@H](Cc2c[nH]c3ccccc23)NC(=O)[C@H](CCCNC(=N)N)NC(=O)[C@@H](Cc2ccccc2)NC(=O)[C@H](COCc2ccccc2)NC1=O. The molecule has 1 saturated heterocycles. The number of carboxylic acid groups (broad SMARTS) is 1. The maximum absolute atomic E-state index is 14.8. The Morgan fingerprint density at radius 2 is 1.27 bits per heavy atom. The number of amides is 8. The molecule has 1 aliphatic rings. The molecule has 0 bridgehead atoms. The van der Waals surface area contributed by atoms with Crippen LogP contribution in [0.3, 0.4) is 0 Å². The second kappa shape index (κ2) is 32.0. The molecule has 0 radical (unpaired) electrons. The van der Waals surface area contributed by atoms with Crippen molar-refractivity contribution in [3.63, 3.8) is 0 Å². The van der Waals surface area contributed by atoms with Gasteiger partial charge in [-0.3, -0.25) is 49.2 Å². The van der Waals surface area contributed by atoms with Crippen LogP contribution in [-0.4, -0.2) is 144 Å². The van der Waals surface area contributed by atoms with Crippen molar-refractivity contribution in [2.24, 2.45) is 11.5 Å². The van der Waals surface area contributed by atoms with E-state index in [-0.39, 0.29) is 95.9 Å². The van der Waals surface area contributed by atoms with Gasteiger partial charge < -0.3 is 79.5 Å². The highest BCUT2D eigenvalue weighted by molar-refractivity contribution is 5.99. The Balaban J connectivity index is 1.55. The van der Waals surface area contributed by atoms with Crippen LogP contribution in [0.5, 0.6) is 0 Å². The Hall–Kier alpha value is -9.07. The number of ether oxygens (including phenoxy) is 1. The topological polar surface area (TPSA) is 419 Å². The van der Waals surface area contributed by atoms with Gasteiger partial charge in [0.05, 0.1) is 19.6 Å². The van der Waals surface area contributed by atoms with Gasteiger partial charge in [0.2, 0.25) is 47.3 Å². The molecule has 430 valence electrons. The van der Waals surface area contributed by atoms with Crippen LogP contribution in [0.2, 0.25) is 0 Å².